The van der Waals surface area contributed by atoms with Gasteiger partial charge in [-0.2, -0.15) is 0 Å². The second kappa shape index (κ2) is 10.2. The van der Waals surface area contributed by atoms with Gasteiger partial charge < -0.3 is 14.9 Å². The van der Waals surface area contributed by atoms with Crippen LogP contribution in [0.4, 0.5) is 8.78 Å². The van der Waals surface area contributed by atoms with Gasteiger partial charge in [0.1, 0.15) is 12.3 Å². The third-order valence-corrected chi connectivity index (χ3v) is 4.25. The van der Waals surface area contributed by atoms with Gasteiger partial charge in [-0.3, -0.25) is 4.57 Å². The minimum Gasteiger partial charge on any atom is -0.383 e. The zero-order valence-electron chi connectivity index (χ0n) is 14.8. The first kappa shape index (κ1) is 23.2. The molecule has 0 aliphatic heterocycles. The molecule has 0 aromatic carbocycles. The van der Waals surface area contributed by atoms with E-state index in [1.54, 1.807) is 6.92 Å². The van der Waals surface area contributed by atoms with E-state index in [4.69, 9.17) is 9.79 Å². The Morgan fingerprint density at radius 3 is 2.04 bits per heavy atom. The number of aliphatic hydroxyl groups is 1. The number of halogens is 2. The van der Waals surface area contributed by atoms with E-state index in [2.05, 4.69) is 6.08 Å². The quantitative estimate of drug-likeness (QED) is 0.391. The van der Waals surface area contributed by atoms with Crippen LogP contribution in [-0.4, -0.2) is 33.1 Å². The maximum atomic E-state index is 13.5. The summed E-state index contributed by atoms with van der Waals surface area (Å²) >= 11 is 0. The van der Waals surface area contributed by atoms with Crippen LogP contribution in [0.3, 0.4) is 0 Å². The molecule has 0 bridgehead atoms. The van der Waals surface area contributed by atoms with E-state index in [9.17, 15) is 18.5 Å². The average molecular weight is 366 g/mol. The molecule has 0 aromatic heterocycles. The molecule has 0 spiro atoms. The second-order valence-corrected chi connectivity index (χ2v) is 8.10. The van der Waals surface area contributed by atoms with E-state index in [0.717, 1.165) is 18.9 Å². The van der Waals surface area contributed by atoms with Gasteiger partial charge in [0.25, 0.3) is 5.92 Å². The molecule has 0 fully saturated rings. The number of alkyl halides is 2. The Balaban J connectivity index is 4.49. The lowest BCUT2D eigenvalue weighted by molar-refractivity contribution is -0.0702. The summed E-state index contributed by atoms with van der Waals surface area (Å²) < 4.78 is 37.7. The van der Waals surface area contributed by atoms with Crippen LogP contribution in [0.15, 0.2) is 34.9 Å². The summed E-state index contributed by atoms with van der Waals surface area (Å²) in [4.78, 5) is 17.3. The summed E-state index contributed by atoms with van der Waals surface area (Å²) in [5.74, 6) is -3.85. The van der Waals surface area contributed by atoms with Crippen LogP contribution in [0.5, 0.6) is 0 Å². The molecule has 4 nitrogen and oxygen atoms in total. The molecule has 0 rings (SSSR count). The van der Waals surface area contributed by atoms with Crippen molar-refractivity contribution in [1.29, 1.82) is 0 Å². The van der Waals surface area contributed by atoms with Gasteiger partial charge in [-0.25, -0.2) is 8.78 Å². The van der Waals surface area contributed by atoms with E-state index in [-0.39, 0.29) is 0 Å². The lowest BCUT2D eigenvalue weighted by atomic mass is 10.0. The highest BCUT2D eigenvalue weighted by molar-refractivity contribution is 7.51. The zero-order valence-corrected chi connectivity index (χ0v) is 15.7. The van der Waals surface area contributed by atoms with E-state index < -0.39 is 25.8 Å². The standard InChI is InChI=1S/C17H29F2O4P/c1-13(2)7-5-8-14(3)9-6-10-15(4)11-16(20)17(18,19)12-24(21,22)23/h7,9,11,16,20H,5-6,8,10,12H2,1-4H3,(H2,21,22,23). The molecule has 0 aliphatic rings. The minimum absolute atomic E-state index is 0.503. The van der Waals surface area contributed by atoms with Gasteiger partial charge >= 0.3 is 7.60 Å². The molecular formula is C17H29F2O4P. The van der Waals surface area contributed by atoms with Crippen molar-refractivity contribution < 1.29 is 28.2 Å². The fourth-order valence-corrected chi connectivity index (χ4v) is 2.82. The van der Waals surface area contributed by atoms with E-state index in [0.29, 0.717) is 18.4 Å². The summed E-state index contributed by atoms with van der Waals surface area (Å²) in [6, 6.07) is 0. The summed E-state index contributed by atoms with van der Waals surface area (Å²) in [5.41, 5.74) is 3.04. The Labute approximate surface area is 143 Å². The maximum absolute atomic E-state index is 13.5. The predicted molar refractivity (Wildman–Crippen MR) is 93.3 cm³/mol. The van der Waals surface area contributed by atoms with Crippen LogP contribution >= 0.6 is 7.60 Å². The molecule has 1 atom stereocenters. The Morgan fingerprint density at radius 2 is 1.54 bits per heavy atom. The van der Waals surface area contributed by atoms with Gasteiger partial charge in [0.2, 0.25) is 0 Å². The van der Waals surface area contributed by atoms with Crippen LogP contribution in [0, 0.1) is 0 Å². The third kappa shape index (κ3) is 11.7. The van der Waals surface area contributed by atoms with Crippen molar-refractivity contribution in [2.75, 3.05) is 6.16 Å². The van der Waals surface area contributed by atoms with E-state index >= 15 is 0 Å². The minimum atomic E-state index is -4.89. The Morgan fingerprint density at radius 1 is 1.04 bits per heavy atom. The fourth-order valence-electron chi connectivity index (χ4n) is 2.08. The van der Waals surface area contributed by atoms with Crippen LogP contribution in [0.25, 0.3) is 0 Å². The molecule has 24 heavy (non-hydrogen) atoms. The number of allylic oxidation sites excluding steroid dienone is 5. The number of hydrogen-bond donors (Lipinski definition) is 3. The van der Waals surface area contributed by atoms with Gasteiger partial charge in [-0.05, 0) is 53.4 Å². The highest BCUT2D eigenvalue weighted by Crippen LogP contribution is 2.42. The molecule has 0 aromatic rings. The number of hydrogen-bond acceptors (Lipinski definition) is 2. The summed E-state index contributed by atoms with van der Waals surface area (Å²) in [6.07, 6.45) is 4.38. The molecule has 0 radical (unpaired) electrons. The van der Waals surface area contributed by atoms with Crippen molar-refractivity contribution in [3.63, 3.8) is 0 Å². The molecule has 0 saturated carbocycles. The zero-order chi connectivity index (χ0) is 19.0. The molecule has 0 amide bonds. The largest absolute Gasteiger partial charge is 0.383 e. The van der Waals surface area contributed by atoms with E-state index in [1.165, 1.54) is 11.1 Å². The first-order chi connectivity index (χ1) is 10.8. The van der Waals surface area contributed by atoms with Crippen molar-refractivity contribution >= 4 is 7.60 Å². The lowest BCUT2D eigenvalue weighted by Gasteiger charge is -2.21. The van der Waals surface area contributed by atoms with Crippen molar-refractivity contribution in [3.8, 4) is 0 Å². The topological polar surface area (TPSA) is 77.8 Å². The van der Waals surface area contributed by atoms with Gasteiger partial charge in [0, 0.05) is 0 Å². The molecule has 0 aliphatic carbocycles. The fraction of sp³-hybridized carbons (Fsp3) is 0.647. The molecule has 1 unspecified atom stereocenters. The number of aliphatic hydroxyl groups excluding tert-OH is 1. The number of rotatable bonds is 10. The van der Waals surface area contributed by atoms with Gasteiger partial charge in [-0.1, -0.05) is 34.9 Å². The Hall–Kier alpha value is -0.810. The highest BCUT2D eigenvalue weighted by atomic mass is 31.2. The molecule has 7 heteroatoms. The van der Waals surface area contributed by atoms with Crippen LogP contribution in [-0.2, 0) is 4.57 Å². The highest BCUT2D eigenvalue weighted by Gasteiger charge is 2.43. The normalized spacial score (nSPS) is 15.4. The lowest BCUT2D eigenvalue weighted by Crippen LogP contribution is -2.35. The summed E-state index contributed by atoms with van der Waals surface area (Å²) in [7, 11) is -4.89. The molecular weight excluding hydrogens is 337 g/mol. The van der Waals surface area contributed by atoms with Crippen molar-refractivity contribution in [2.24, 2.45) is 0 Å². The molecule has 3 N–H and O–H groups in total. The van der Waals surface area contributed by atoms with Crippen LogP contribution < -0.4 is 0 Å². The van der Waals surface area contributed by atoms with Gasteiger partial charge in [0.05, 0.1) is 0 Å². The average Bonchev–Trinajstić information content (AvgIpc) is 2.35. The van der Waals surface area contributed by atoms with Crippen molar-refractivity contribution in [2.45, 2.75) is 65.4 Å². The maximum Gasteiger partial charge on any atom is 0.331 e. The third-order valence-electron chi connectivity index (χ3n) is 3.41. The SMILES string of the molecule is CC(C)=CCCC(C)=CCCC(C)=CC(O)C(F)(F)CP(=O)(O)O. The van der Waals surface area contributed by atoms with Gasteiger partial charge in [0.15, 0.2) is 0 Å². The summed E-state index contributed by atoms with van der Waals surface area (Å²) in [6.45, 7) is 7.71. The summed E-state index contributed by atoms with van der Waals surface area (Å²) in [5, 5.41) is 9.50. The Kier molecular flexibility index (Phi) is 9.90. The van der Waals surface area contributed by atoms with Crippen molar-refractivity contribution in [1.82, 2.24) is 0 Å². The first-order valence-electron chi connectivity index (χ1n) is 7.90. The van der Waals surface area contributed by atoms with Crippen LogP contribution in [0.1, 0.15) is 53.4 Å². The Bertz CT molecular complexity index is 529. The van der Waals surface area contributed by atoms with Crippen molar-refractivity contribution in [3.05, 3.63) is 34.9 Å². The first-order valence-corrected chi connectivity index (χ1v) is 9.70. The molecule has 0 heterocycles. The van der Waals surface area contributed by atoms with E-state index in [1.807, 2.05) is 26.8 Å². The molecule has 0 saturated heterocycles. The van der Waals surface area contributed by atoms with Gasteiger partial charge in [-0.15, -0.1) is 0 Å². The second-order valence-electron chi connectivity index (χ2n) is 6.45. The van der Waals surface area contributed by atoms with Crippen LogP contribution in [0.2, 0.25) is 0 Å². The predicted octanol–water partition coefficient (Wildman–Crippen LogP) is 4.58. The monoisotopic (exact) mass is 366 g/mol. The smallest absolute Gasteiger partial charge is 0.331 e. The molecule has 140 valence electrons.